The Morgan fingerprint density at radius 3 is 2.00 bits per heavy atom. The van der Waals surface area contributed by atoms with Gasteiger partial charge in [0.05, 0.1) is 5.54 Å². The molecule has 0 amide bonds. The van der Waals surface area contributed by atoms with Gasteiger partial charge in [-0.3, -0.25) is 0 Å². The molecule has 4 N–H and O–H groups in total. The van der Waals surface area contributed by atoms with Crippen LogP contribution in [0.1, 0.15) is 11.1 Å². The van der Waals surface area contributed by atoms with E-state index in [2.05, 4.69) is 0 Å². The van der Waals surface area contributed by atoms with Gasteiger partial charge >= 0.3 is 0 Å². The van der Waals surface area contributed by atoms with Gasteiger partial charge in [-0.25, -0.2) is 0 Å². The normalized spacial score (nSPS) is 14.6. The summed E-state index contributed by atoms with van der Waals surface area (Å²) >= 11 is 0. The molecule has 2 heteroatoms. The molecule has 0 bridgehead atoms. The summed E-state index contributed by atoms with van der Waals surface area (Å²) in [6.45, 7) is 0.375. The second-order valence-electron chi connectivity index (χ2n) is 4.35. The average molecular weight is 238 g/mol. The van der Waals surface area contributed by atoms with Gasteiger partial charge in [-0.05, 0) is 11.1 Å². The summed E-state index contributed by atoms with van der Waals surface area (Å²) in [5, 5.41) is 0. The minimum absolute atomic E-state index is 0.375. The van der Waals surface area contributed by atoms with Crippen molar-refractivity contribution in [2.75, 3.05) is 6.54 Å². The molecule has 0 spiro atoms. The fourth-order valence-corrected chi connectivity index (χ4v) is 1.84. The summed E-state index contributed by atoms with van der Waals surface area (Å²) in [5.41, 5.74) is 13.7. The maximum absolute atomic E-state index is 6.35. The minimum Gasteiger partial charge on any atom is -0.328 e. The molecule has 0 saturated carbocycles. The molecule has 2 rings (SSSR count). The molecule has 0 aliphatic heterocycles. The van der Waals surface area contributed by atoms with Crippen molar-refractivity contribution in [1.29, 1.82) is 0 Å². The Morgan fingerprint density at radius 2 is 1.44 bits per heavy atom. The Hall–Kier alpha value is -1.90. The van der Waals surface area contributed by atoms with E-state index in [9.17, 15) is 0 Å². The van der Waals surface area contributed by atoms with E-state index >= 15 is 0 Å². The lowest BCUT2D eigenvalue weighted by Crippen LogP contribution is -2.42. The SMILES string of the molecule is NC[C@](N)(/C=C/c1ccccc1)c1ccccc1. The van der Waals surface area contributed by atoms with Gasteiger partial charge in [0, 0.05) is 6.54 Å². The van der Waals surface area contributed by atoms with E-state index < -0.39 is 5.54 Å². The summed E-state index contributed by atoms with van der Waals surface area (Å²) < 4.78 is 0. The lowest BCUT2D eigenvalue weighted by molar-refractivity contribution is 0.577. The van der Waals surface area contributed by atoms with Crippen molar-refractivity contribution in [2.24, 2.45) is 11.5 Å². The maximum Gasteiger partial charge on any atom is 0.0723 e. The van der Waals surface area contributed by atoms with Crippen molar-refractivity contribution in [2.45, 2.75) is 5.54 Å². The highest BCUT2D eigenvalue weighted by Gasteiger charge is 2.21. The van der Waals surface area contributed by atoms with Crippen molar-refractivity contribution < 1.29 is 0 Å². The van der Waals surface area contributed by atoms with Crippen LogP contribution in [0.3, 0.4) is 0 Å². The van der Waals surface area contributed by atoms with E-state index in [1.165, 1.54) is 0 Å². The van der Waals surface area contributed by atoms with Crippen LogP contribution in [-0.2, 0) is 5.54 Å². The molecule has 0 unspecified atom stereocenters. The third kappa shape index (κ3) is 2.86. The molecule has 2 nitrogen and oxygen atoms in total. The van der Waals surface area contributed by atoms with E-state index in [1.807, 2.05) is 72.8 Å². The Balaban J connectivity index is 2.27. The third-order valence-electron chi connectivity index (χ3n) is 3.02. The minimum atomic E-state index is -0.614. The first-order chi connectivity index (χ1) is 8.74. The molecule has 0 heterocycles. The van der Waals surface area contributed by atoms with Crippen molar-refractivity contribution in [1.82, 2.24) is 0 Å². The topological polar surface area (TPSA) is 52.0 Å². The second-order valence-corrected chi connectivity index (χ2v) is 4.35. The molecule has 0 aromatic heterocycles. The van der Waals surface area contributed by atoms with Crippen molar-refractivity contribution in [3.63, 3.8) is 0 Å². The van der Waals surface area contributed by atoms with Crippen LogP contribution in [0.4, 0.5) is 0 Å². The number of hydrogen-bond acceptors (Lipinski definition) is 2. The smallest absolute Gasteiger partial charge is 0.0723 e. The molecule has 0 fully saturated rings. The number of rotatable bonds is 4. The lowest BCUT2D eigenvalue weighted by atomic mass is 9.90. The summed E-state index contributed by atoms with van der Waals surface area (Å²) in [5.74, 6) is 0. The van der Waals surface area contributed by atoms with E-state index in [-0.39, 0.29) is 0 Å². The molecular weight excluding hydrogens is 220 g/mol. The highest BCUT2D eigenvalue weighted by atomic mass is 14.8. The van der Waals surface area contributed by atoms with Crippen molar-refractivity contribution in [3.8, 4) is 0 Å². The largest absolute Gasteiger partial charge is 0.328 e. The average Bonchev–Trinajstić information content (AvgIpc) is 2.47. The van der Waals surface area contributed by atoms with Gasteiger partial charge in [0.25, 0.3) is 0 Å². The zero-order valence-electron chi connectivity index (χ0n) is 10.3. The standard InChI is InChI=1S/C16H18N2/c17-13-16(18,15-9-5-2-6-10-15)12-11-14-7-3-1-4-8-14/h1-12H,13,17-18H2/b12-11+/t16-/m1/s1. The van der Waals surface area contributed by atoms with Crippen LogP contribution in [0.25, 0.3) is 6.08 Å². The van der Waals surface area contributed by atoms with E-state index in [1.54, 1.807) is 0 Å². The Morgan fingerprint density at radius 1 is 0.889 bits per heavy atom. The van der Waals surface area contributed by atoms with Gasteiger partial charge in [0.15, 0.2) is 0 Å². The van der Waals surface area contributed by atoms with Gasteiger partial charge in [-0.1, -0.05) is 72.8 Å². The fraction of sp³-hybridized carbons (Fsp3) is 0.125. The molecule has 1 atom stereocenters. The summed E-state index contributed by atoms with van der Waals surface area (Å²) in [7, 11) is 0. The highest BCUT2D eigenvalue weighted by Crippen LogP contribution is 2.19. The zero-order valence-corrected chi connectivity index (χ0v) is 10.3. The second kappa shape index (κ2) is 5.63. The van der Waals surface area contributed by atoms with Gasteiger partial charge in [-0.15, -0.1) is 0 Å². The van der Waals surface area contributed by atoms with Gasteiger partial charge in [-0.2, -0.15) is 0 Å². The molecule has 92 valence electrons. The first kappa shape index (κ1) is 12.6. The lowest BCUT2D eigenvalue weighted by Gasteiger charge is -2.24. The quantitative estimate of drug-likeness (QED) is 0.860. The summed E-state index contributed by atoms with van der Waals surface area (Å²) in [6.07, 6.45) is 3.98. The number of benzene rings is 2. The Kier molecular flexibility index (Phi) is 3.92. The van der Waals surface area contributed by atoms with Gasteiger partial charge in [0.1, 0.15) is 0 Å². The van der Waals surface area contributed by atoms with E-state index in [0.29, 0.717) is 6.54 Å². The fourth-order valence-electron chi connectivity index (χ4n) is 1.84. The van der Waals surface area contributed by atoms with Gasteiger partial charge in [0.2, 0.25) is 0 Å². The molecule has 0 aliphatic rings. The van der Waals surface area contributed by atoms with Crippen LogP contribution in [0, 0.1) is 0 Å². The number of nitrogens with two attached hydrogens (primary N) is 2. The molecular formula is C16H18N2. The van der Waals surface area contributed by atoms with Crippen LogP contribution < -0.4 is 11.5 Å². The van der Waals surface area contributed by atoms with Crippen LogP contribution >= 0.6 is 0 Å². The molecule has 0 saturated heterocycles. The zero-order chi connectivity index (χ0) is 12.8. The molecule has 2 aromatic rings. The van der Waals surface area contributed by atoms with Crippen molar-refractivity contribution >= 4 is 6.08 Å². The predicted molar refractivity (Wildman–Crippen MR) is 76.8 cm³/mol. The van der Waals surface area contributed by atoms with Crippen molar-refractivity contribution in [3.05, 3.63) is 77.9 Å². The monoisotopic (exact) mass is 238 g/mol. The molecule has 18 heavy (non-hydrogen) atoms. The molecule has 0 aliphatic carbocycles. The van der Waals surface area contributed by atoms with Crippen LogP contribution in [0.15, 0.2) is 66.7 Å². The molecule has 2 aromatic carbocycles. The van der Waals surface area contributed by atoms with Crippen LogP contribution in [0.5, 0.6) is 0 Å². The Bertz CT molecular complexity index is 505. The maximum atomic E-state index is 6.35. The Labute approximate surface area is 108 Å². The predicted octanol–water partition coefficient (Wildman–Crippen LogP) is 2.51. The van der Waals surface area contributed by atoms with Gasteiger partial charge < -0.3 is 11.5 Å². The highest BCUT2D eigenvalue weighted by molar-refractivity contribution is 5.52. The van der Waals surface area contributed by atoms with Crippen LogP contribution in [-0.4, -0.2) is 6.54 Å². The third-order valence-corrected chi connectivity index (χ3v) is 3.02. The first-order valence-corrected chi connectivity index (χ1v) is 6.03. The number of hydrogen-bond donors (Lipinski definition) is 2. The summed E-state index contributed by atoms with van der Waals surface area (Å²) in [6, 6.07) is 20.0. The van der Waals surface area contributed by atoms with E-state index in [0.717, 1.165) is 11.1 Å². The van der Waals surface area contributed by atoms with E-state index in [4.69, 9.17) is 11.5 Å². The molecule has 0 radical (unpaired) electrons. The summed E-state index contributed by atoms with van der Waals surface area (Å²) in [4.78, 5) is 0. The first-order valence-electron chi connectivity index (χ1n) is 6.03. The van der Waals surface area contributed by atoms with Crippen LogP contribution in [0.2, 0.25) is 0 Å².